The molecular weight excluding hydrogens is 522 g/mol. The molecule has 186 valence electrons. The van der Waals surface area contributed by atoms with Crippen molar-refractivity contribution in [3.05, 3.63) is 78.0 Å². The Morgan fingerprint density at radius 3 is 2.43 bits per heavy atom. The molecular formula is C32H30BrN3O. The lowest BCUT2D eigenvalue weighted by Crippen LogP contribution is -2.20. The first-order valence-electron chi connectivity index (χ1n) is 13.3. The number of rotatable bonds is 7. The van der Waals surface area contributed by atoms with Crippen molar-refractivity contribution in [2.24, 2.45) is 0 Å². The van der Waals surface area contributed by atoms with Gasteiger partial charge in [0.25, 0.3) is 0 Å². The number of fused-ring (bicyclic) bond motifs is 3. The van der Waals surface area contributed by atoms with Crippen LogP contribution in [0, 0.1) is 11.3 Å². The number of hydrogen-bond acceptors (Lipinski definition) is 3. The quantitative estimate of drug-likeness (QED) is 0.115. The molecule has 4 aromatic carbocycles. The van der Waals surface area contributed by atoms with Crippen molar-refractivity contribution >= 4 is 48.2 Å². The molecule has 4 nitrogen and oxygen atoms in total. The highest BCUT2D eigenvalue weighted by molar-refractivity contribution is 9.09. The van der Waals surface area contributed by atoms with Gasteiger partial charge in [0.2, 0.25) is 0 Å². The van der Waals surface area contributed by atoms with Crippen LogP contribution in [0.25, 0.3) is 43.6 Å². The maximum absolute atomic E-state index is 10.6. The molecule has 37 heavy (non-hydrogen) atoms. The van der Waals surface area contributed by atoms with Crippen molar-refractivity contribution in [3.8, 4) is 17.3 Å². The van der Waals surface area contributed by atoms with Gasteiger partial charge in [-0.05, 0) is 101 Å². The Balaban J connectivity index is 1.57. The molecule has 1 aliphatic heterocycles. The summed E-state index contributed by atoms with van der Waals surface area (Å²) < 4.78 is 8.12. The Labute approximate surface area is 226 Å². The molecule has 0 N–H and O–H groups in total. The third kappa shape index (κ3) is 4.65. The Bertz CT molecular complexity index is 1620. The number of aromatic nitrogens is 2. The van der Waals surface area contributed by atoms with Crippen molar-refractivity contribution < 1.29 is 4.74 Å². The summed E-state index contributed by atoms with van der Waals surface area (Å²) >= 11 is 3.56. The van der Waals surface area contributed by atoms with Gasteiger partial charge in [0, 0.05) is 29.1 Å². The highest BCUT2D eigenvalue weighted by Crippen LogP contribution is 2.39. The van der Waals surface area contributed by atoms with Crippen LogP contribution >= 0.6 is 15.9 Å². The minimum absolute atomic E-state index is 0.0785. The predicted molar refractivity (Wildman–Crippen MR) is 155 cm³/mol. The first-order valence-corrected chi connectivity index (χ1v) is 14.4. The monoisotopic (exact) mass is 551 g/mol. The lowest BCUT2D eigenvalue weighted by molar-refractivity contribution is -0.0383. The van der Waals surface area contributed by atoms with Gasteiger partial charge >= 0.3 is 0 Å². The number of alkyl halides is 1. The van der Waals surface area contributed by atoms with Crippen LogP contribution in [0.3, 0.4) is 0 Å². The average Bonchev–Trinajstić information content (AvgIpc) is 3.42. The van der Waals surface area contributed by atoms with Gasteiger partial charge in [-0.2, -0.15) is 10.4 Å². The van der Waals surface area contributed by atoms with E-state index in [0.717, 1.165) is 89.9 Å². The molecule has 5 heteroatoms. The third-order valence-corrected chi connectivity index (χ3v) is 8.15. The third-order valence-electron chi connectivity index (χ3n) is 7.59. The molecule has 0 saturated carbocycles. The van der Waals surface area contributed by atoms with E-state index in [9.17, 15) is 5.26 Å². The van der Waals surface area contributed by atoms with E-state index in [-0.39, 0.29) is 6.23 Å². The van der Waals surface area contributed by atoms with Gasteiger partial charge in [-0.3, -0.25) is 0 Å². The topological polar surface area (TPSA) is 50.8 Å². The Morgan fingerprint density at radius 1 is 0.919 bits per heavy atom. The van der Waals surface area contributed by atoms with Crippen LogP contribution in [-0.2, 0) is 11.2 Å². The van der Waals surface area contributed by atoms with Crippen LogP contribution in [0.15, 0.2) is 66.9 Å². The van der Waals surface area contributed by atoms with Crippen LogP contribution in [0.1, 0.15) is 55.9 Å². The van der Waals surface area contributed by atoms with E-state index in [1.165, 1.54) is 21.7 Å². The summed E-state index contributed by atoms with van der Waals surface area (Å²) in [6.07, 6.45) is 9.26. The van der Waals surface area contributed by atoms with E-state index >= 15 is 0 Å². The number of unbranched alkanes of at least 4 members (excludes halogenated alkanes) is 2. The summed E-state index contributed by atoms with van der Waals surface area (Å²) in [5, 5.41) is 23.2. The summed E-state index contributed by atoms with van der Waals surface area (Å²) in [6.45, 7) is 0.756. The zero-order chi connectivity index (χ0) is 25.2. The first-order chi connectivity index (χ1) is 18.3. The van der Waals surface area contributed by atoms with Gasteiger partial charge in [0.05, 0.1) is 11.3 Å². The predicted octanol–water partition coefficient (Wildman–Crippen LogP) is 8.69. The van der Waals surface area contributed by atoms with Crippen molar-refractivity contribution in [2.75, 3.05) is 11.9 Å². The molecule has 1 unspecified atom stereocenters. The summed E-state index contributed by atoms with van der Waals surface area (Å²) in [5.74, 6) is 0. The molecule has 1 aliphatic rings. The smallest absolute Gasteiger partial charge is 0.150 e. The second-order valence-electron chi connectivity index (χ2n) is 10.00. The second kappa shape index (κ2) is 10.7. The van der Waals surface area contributed by atoms with E-state index in [2.05, 4.69) is 87.8 Å². The van der Waals surface area contributed by atoms with E-state index in [0.29, 0.717) is 0 Å². The Hall–Kier alpha value is -3.20. The zero-order valence-electron chi connectivity index (χ0n) is 20.9. The molecule has 5 aromatic rings. The second-order valence-corrected chi connectivity index (χ2v) is 10.8. The number of aryl methyl sites for hydroxylation is 1. The number of hydrogen-bond donors (Lipinski definition) is 0. The fraction of sp³-hybridized carbons (Fsp3) is 0.312. The van der Waals surface area contributed by atoms with E-state index in [1.807, 2.05) is 10.9 Å². The molecule has 2 heterocycles. The molecule has 0 bridgehead atoms. The Kier molecular flexibility index (Phi) is 6.95. The fourth-order valence-corrected chi connectivity index (χ4v) is 6.15. The number of nitrogens with zero attached hydrogens (tertiary/aromatic N) is 3. The van der Waals surface area contributed by atoms with Gasteiger partial charge in [0.1, 0.15) is 6.07 Å². The van der Waals surface area contributed by atoms with E-state index in [4.69, 9.17) is 4.74 Å². The molecule has 6 rings (SSSR count). The lowest BCUT2D eigenvalue weighted by atomic mass is 9.88. The number of benzene rings is 4. The molecule has 0 radical (unpaired) electrons. The fourth-order valence-electron chi connectivity index (χ4n) is 5.75. The van der Waals surface area contributed by atoms with Crippen molar-refractivity contribution in [1.29, 1.82) is 5.26 Å². The summed E-state index contributed by atoms with van der Waals surface area (Å²) in [4.78, 5) is 0. The summed E-state index contributed by atoms with van der Waals surface area (Å²) in [7, 11) is 0. The Morgan fingerprint density at radius 2 is 1.70 bits per heavy atom. The van der Waals surface area contributed by atoms with E-state index in [1.54, 1.807) is 0 Å². The largest absolute Gasteiger partial charge is 0.356 e. The molecule has 0 spiro atoms. The minimum atomic E-state index is -0.0785. The van der Waals surface area contributed by atoms with Crippen LogP contribution in [0.2, 0.25) is 0 Å². The normalized spacial score (nSPS) is 15.9. The van der Waals surface area contributed by atoms with Crippen molar-refractivity contribution in [2.45, 2.75) is 51.2 Å². The molecule has 1 aromatic heterocycles. The van der Waals surface area contributed by atoms with Crippen molar-refractivity contribution in [1.82, 2.24) is 9.78 Å². The van der Waals surface area contributed by atoms with Crippen LogP contribution in [0.5, 0.6) is 0 Å². The van der Waals surface area contributed by atoms with Gasteiger partial charge < -0.3 is 4.74 Å². The SMILES string of the molecule is N#Cc1c(-c2ccnn2C2CCCCO2)c(CCCCCBr)cc2cc3cc4ccccc4cc3cc12. The van der Waals surface area contributed by atoms with E-state index < -0.39 is 0 Å². The molecule has 0 aliphatic carbocycles. The highest BCUT2D eigenvalue weighted by atomic mass is 79.9. The maximum atomic E-state index is 10.6. The minimum Gasteiger partial charge on any atom is -0.356 e. The zero-order valence-corrected chi connectivity index (χ0v) is 22.5. The van der Waals surface area contributed by atoms with Gasteiger partial charge in [-0.15, -0.1) is 0 Å². The molecule has 1 fully saturated rings. The summed E-state index contributed by atoms with van der Waals surface area (Å²) in [5.41, 5.74) is 3.96. The van der Waals surface area contributed by atoms with Gasteiger partial charge in [0.15, 0.2) is 6.23 Å². The number of nitriles is 1. The average molecular weight is 553 g/mol. The van der Waals surface area contributed by atoms with Crippen molar-refractivity contribution in [3.63, 3.8) is 0 Å². The summed E-state index contributed by atoms with van der Waals surface area (Å²) in [6, 6.07) is 24.4. The lowest BCUT2D eigenvalue weighted by Gasteiger charge is -2.25. The van der Waals surface area contributed by atoms with Crippen LogP contribution < -0.4 is 0 Å². The standard InChI is InChI=1S/C32H30BrN3O/c33-13-6-1-2-10-24-18-27-19-25-16-22-8-3-4-9-23(22)17-26(25)20-28(27)29(21-34)32(24)30-12-14-35-36(30)31-11-5-7-15-37-31/h3-4,8-9,12,14,16-20,31H,1-2,5-7,10-11,13,15H2. The maximum Gasteiger partial charge on any atom is 0.150 e. The molecule has 1 saturated heterocycles. The molecule has 0 amide bonds. The molecule has 1 atom stereocenters. The highest BCUT2D eigenvalue weighted by Gasteiger charge is 2.24. The number of halogens is 1. The van der Waals surface area contributed by atoms with Gasteiger partial charge in [-0.1, -0.05) is 52.7 Å². The van der Waals surface area contributed by atoms with Crippen LogP contribution in [-0.4, -0.2) is 21.7 Å². The first kappa shape index (κ1) is 24.2. The van der Waals surface area contributed by atoms with Gasteiger partial charge in [-0.25, -0.2) is 4.68 Å². The number of ether oxygens (including phenoxy) is 1. The van der Waals surface area contributed by atoms with Crippen LogP contribution in [0.4, 0.5) is 0 Å².